The van der Waals surface area contributed by atoms with Crippen LogP contribution in [0.4, 0.5) is 9.52 Å². The first kappa shape index (κ1) is 11.0. The van der Waals surface area contributed by atoms with E-state index in [2.05, 4.69) is 10.3 Å². The summed E-state index contributed by atoms with van der Waals surface area (Å²) in [5.41, 5.74) is 1.51. The standard InChI is InChI=1S/C11H11FN2OS/c1-13-11-14-10(9(6-15)16-11)7-2-4-8(12)5-3-7/h2-5,15H,6H2,1H3,(H,13,14). The second kappa shape index (κ2) is 4.59. The molecular weight excluding hydrogens is 227 g/mol. The zero-order chi connectivity index (χ0) is 11.5. The van der Waals surface area contributed by atoms with Crippen LogP contribution >= 0.6 is 11.3 Å². The molecular formula is C11H11FN2OS. The summed E-state index contributed by atoms with van der Waals surface area (Å²) in [7, 11) is 1.77. The van der Waals surface area contributed by atoms with Gasteiger partial charge in [0, 0.05) is 12.6 Å². The molecule has 0 unspecified atom stereocenters. The second-order valence-electron chi connectivity index (χ2n) is 3.21. The van der Waals surface area contributed by atoms with Gasteiger partial charge in [-0.15, -0.1) is 0 Å². The van der Waals surface area contributed by atoms with Crippen LogP contribution < -0.4 is 5.32 Å². The number of halogens is 1. The number of anilines is 1. The lowest BCUT2D eigenvalue weighted by atomic mass is 10.1. The van der Waals surface area contributed by atoms with Gasteiger partial charge in [-0.3, -0.25) is 0 Å². The first-order valence-electron chi connectivity index (χ1n) is 4.79. The summed E-state index contributed by atoms with van der Waals surface area (Å²) in [6.45, 7) is -0.0634. The molecule has 1 aromatic carbocycles. The number of benzene rings is 1. The Balaban J connectivity index is 2.45. The third kappa shape index (κ3) is 2.05. The van der Waals surface area contributed by atoms with E-state index in [4.69, 9.17) is 0 Å². The highest BCUT2D eigenvalue weighted by Gasteiger charge is 2.11. The van der Waals surface area contributed by atoms with Gasteiger partial charge in [-0.2, -0.15) is 0 Å². The third-order valence-electron chi connectivity index (χ3n) is 2.17. The minimum absolute atomic E-state index is 0.0634. The predicted octanol–water partition coefficient (Wildman–Crippen LogP) is 2.48. The van der Waals surface area contributed by atoms with Crippen molar-refractivity contribution in [1.82, 2.24) is 4.98 Å². The topological polar surface area (TPSA) is 45.2 Å². The molecule has 0 aliphatic heterocycles. The van der Waals surface area contributed by atoms with Crippen molar-refractivity contribution in [3.8, 4) is 11.3 Å². The number of aliphatic hydroxyl groups is 1. The van der Waals surface area contributed by atoms with E-state index in [0.717, 1.165) is 15.6 Å². The van der Waals surface area contributed by atoms with E-state index in [9.17, 15) is 9.50 Å². The first-order valence-corrected chi connectivity index (χ1v) is 5.60. The van der Waals surface area contributed by atoms with Crippen molar-refractivity contribution in [2.45, 2.75) is 6.61 Å². The molecule has 2 N–H and O–H groups in total. The highest BCUT2D eigenvalue weighted by Crippen LogP contribution is 2.30. The maximum Gasteiger partial charge on any atom is 0.183 e. The van der Waals surface area contributed by atoms with E-state index in [0.29, 0.717) is 5.69 Å². The van der Waals surface area contributed by atoms with Crippen LogP contribution in [-0.2, 0) is 6.61 Å². The third-order valence-corrected chi connectivity index (χ3v) is 3.23. The van der Waals surface area contributed by atoms with Gasteiger partial charge >= 0.3 is 0 Å². The highest BCUT2D eigenvalue weighted by molar-refractivity contribution is 7.16. The Kier molecular flexibility index (Phi) is 3.17. The molecule has 0 spiro atoms. The van der Waals surface area contributed by atoms with Crippen LogP contribution in [0.5, 0.6) is 0 Å². The molecule has 5 heteroatoms. The molecule has 0 aliphatic carbocycles. The lowest BCUT2D eigenvalue weighted by Crippen LogP contribution is -1.87. The minimum Gasteiger partial charge on any atom is -0.391 e. The average Bonchev–Trinajstić information content (AvgIpc) is 2.73. The summed E-state index contributed by atoms with van der Waals surface area (Å²) in [5, 5.41) is 12.9. The molecule has 0 saturated heterocycles. The maximum absolute atomic E-state index is 12.8. The van der Waals surface area contributed by atoms with Crippen molar-refractivity contribution in [3.63, 3.8) is 0 Å². The number of aromatic nitrogens is 1. The van der Waals surface area contributed by atoms with E-state index in [1.807, 2.05) is 0 Å². The van der Waals surface area contributed by atoms with Gasteiger partial charge in [0.25, 0.3) is 0 Å². The SMILES string of the molecule is CNc1nc(-c2ccc(F)cc2)c(CO)s1. The van der Waals surface area contributed by atoms with E-state index >= 15 is 0 Å². The molecule has 1 aromatic heterocycles. The summed E-state index contributed by atoms with van der Waals surface area (Å²) in [6.07, 6.45) is 0. The number of aliphatic hydroxyl groups excluding tert-OH is 1. The van der Waals surface area contributed by atoms with Crippen LogP contribution in [0.1, 0.15) is 4.88 Å². The van der Waals surface area contributed by atoms with Gasteiger partial charge in [0.1, 0.15) is 5.82 Å². The molecule has 84 valence electrons. The molecule has 0 atom stereocenters. The molecule has 0 fully saturated rings. The fourth-order valence-electron chi connectivity index (χ4n) is 1.40. The quantitative estimate of drug-likeness (QED) is 0.863. The average molecular weight is 238 g/mol. The first-order chi connectivity index (χ1) is 7.74. The molecule has 2 aromatic rings. The fourth-order valence-corrected chi connectivity index (χ4v) is 2.20. The van der Waals surface area contributed by atoms with Crippen molar-refractivity contribution in [2.75, 3.05) is 12.4 Å². The van der Waals surface area contributed by atoms with Gasteiger partial charge in [-0.05, 0) is 24.3 Å². The Morgan fingerprint density at radius 3 is 2.62 bits per heavy atom. The summed E-state index contributed by atoms with van der Waals surface area (Å²) < 4.78 is 12.8. The molecule has 0 amide bonds. The van der Waals surface area contributed by atoms with Crippen molar-refractivity contribution in [1.29, 1.82) is 0 Å². The van der Waals surface area contributed by atoms with E-state index in [-0.39, 0.29) is 12.4 Å². The van der Waals surface area contributed by atoms with Gasteiger partial charge in [0.05, 0.1) is 17.2 Å². The Morgan fingerprint density at radius 2 is 2.06 bits per heavy atom. The Labute approximate surface area is 96.6 Å². The van der Waals surface area contributed by atoms with Crippen molar-refractivity contribution in [3.05, 3.63) is 35.0 Å². The Bertz CT molecular complexity index is 481. The Hall–Kier alpha value is -1.46. The maximum atomic E-state index is 12.8. The van der Waals surface area contributed by atoms with Gasteiger partial charge < -0.3 is 10.4 Å². The molecule has 16 heavy (non-hydrogen) atoms. The predicted molar refractivity (Wildman–Crippen MR) is 63.0 cm³/mol. The van der Waals surface area contributed by atoms with Crippen LogP contribution in [0.3, 0.4) is 0 Å². The van der Waals surface area contributed by atoms with Crippen LogP contribution in [0, 0.1) is 5.82 Å². The number of rotatable bonds is 3. The summed E-state index contributed by atoms with van der Waals surface area (Å²) in [5.74, 6) is -0.279. The molecule has 0 bridgehead atoms. The molecule has 3 nitrogen and oxygen atoms in total. The largest absolute Gasteiger partial charge is 0.391 e. The number of hydrogen-bond donors (Lipinski definition) is 2. The van der Waals surface area contributed by atoms with Crippen LogP contribution in [0.25, 0.3) is 11.3 Å². The van der Waals surface area contributed by atoms with Gasteiger partial charge in [0.15, 0.2) is 5.13 Å². The van der Waals surface area contributed by atoms with Crippen molar-refractivity contribution in [2.24, 2.45) is 0 Å². The zero-order valence-corrected chi connectivity index (χ0v) is 9.51. The summed E-state index contributed by atoms with van der Waals surface area (Å²) in [4.78, 5) is 5.10. The molecule has 2 rings (SSSR count). The molecule has 0 saturated carbocycles. The Morgan fingerprint density at radius 1 is 1.38 bits per heavy atom. The number of hydrogen-bond acceptors (Lipinski definition) is 4. The lowest BCUT2D eigenvalue weighted by molar-refractivity contribution is 0.286. The van der Waals surface area contributed by atoms with Crippen molar-refractivity contribution < 1.29 is 9.50 Å². The molecule has 0 aliphatic rings. The minimum atomic E-state index is -0.279. The number of nitrogens with one attached hydrogen (secondary N) is 1. The van der Waals surface area contributed by atoms with E-state index < -0.39 is 0 Å². The molecule has 1 heterocycles. The normalized spacial score (nSPS) is 10.4. The van der Waals surface area contributed by atoms with Gasteiger partial charge in [-0.1, -0.05) is 11.3 Å². The lowest BCUT2D eigenvalue weighted by Gasteiger charge is -1.99. The number of nitrogens with zero attached hydrogens (tertiary/aromatic N) is 1. The van der Waals surface area contributed by atoms with Crippen LogP contribution in [-0.4, -0.2) is 17.1 Å². The van der Waals surface area contributed by atoms with Gasteiger partial charge in [0.2, 0.25) is 0 Å². The zero-order valence-electron chi connectivity index (χ0n) is 8.70. The van der Waals surface area contributed by atoms with E-state index in [1.165, 1.54) is 23.5 Å². The smallest absolute Gasteiger partial charge is 0.183 e. The monoisotopic (exact) mass is 238 g/mol. The van der Waals surface area contributed by atoms with Crippen molar-refractivity contribution >= 4 is 16.5 Å². The van der Waals surface area contributed by atoms with Crippen LogP contribution in [0.15, 0.2) is 24.3 Å². The van der Waals surface area contributed by atoms with E-state index in [1.54, 1.807) is 19.2 Å². The summed E-state index contributed by atoms with van der Waals surface area (Å²) in [6, 6.07) is 6.08. The molecule has 0 radical (unpaired) electrons. The second-order valence-corrected chi connectivity index (χ2v) is 4.29. The number of thiazole rings is 1. The van der Waals surface area contributed by atoms with Crippen LogP contribution in [0.2, 0.25) is 0 Å². The highest BCUT2D eigenvalue weighted by atomic mass is 32.1. The fraction of sp³-hybridized carbons (Fsp3) is 0.182. The summed E-state index contributed by atoms with van der Waals surface area (Å²) >= 11 is 1.39. The van der Waals surface area contributed by atoms with Gasteiger partial charge in [-0.25, -0.2) is 9.37 Å².